The topological polar surface area (TPSA) is 133 Å². The lowest BCUT2D eigenvalue weighted by atomic mass is 9.92. The number of ether oxygens (including phenoxy) is 1. The maximum atomic E-state index is 13.0. The van der Waals surface area contributed by atoms with Crippen molar-refractivity contribution in [1.82, 2.24) is 9.97 Å². The van der Waals surface area contributed by atoms with Gasteiger partial charge in [0.15, 0.2) is 0 Å². The Bertz CT molecular complexity index is 1140. The van der Waals surface area contributed by atoms with Crippen molar-refractivity contribution in [2.45, 2.75) is 32.1 Å². The number of hydrogen-bond donors (Lipinski definition) is 3. The molecule has 2 amide bonds. The Hall–Kier alpha value is -3.40. The third-order valence-corrected chi connectivity index (χ3v) is 6.13. The van der Waals surface area contributed by atoms with Crippen molar-refractivity contribution in [3.8, 4) is 0 Å². The van der Waals surface area contributed by atoms with Crippen LogP contribution in [-0.4, -0.2) is 47.4 Å². The second kappa shape index (κ2) is 9.62. The first-order chi connectivity index (χ1) is 15.9. The summed E-state index contributed by atoms with van der Waals surface area (Å²) in [5.74, 6) is -2.00. The number of para-hydroxylation sites is 1. The SMILES string of the molecule is CCOC(=O)C1CCN(c2nc3c(c(=O)[nH]2)C(C(=O)Nc2ccccc2Cl)CC(=O)N3)CC1. The summed E-state index contributed by atoms with van der Waals surface area (Å²) in [5, 5.41) is 5.64. The molecule has 3 N–H and O–H groups in total. The number of H-pyrrole nitrogens is 1. The summed E-state index contributed by atoms with van der Waals surface area (Å²) in [5.41, 5.74) is -0.00619. The lowest BCUT2D eigenvalue weighted by molar-refractivity contribution is -0.148. The summed E-state index contributed by atoms with van der Waals surface area (Å²) in [6, 6.07) is 6.71. The van der Waals surface area contributed by atoms with E-state index < -0.39 is 23.3 Å². The number of esters is 1. The molecule has 11 heteroatoms. The molecular formula is C22H24ClN5O5. The maximum absolute atomic E-state index is 13.0. The van der Waals surface area contributed by atoms with Crippen LogP contribution in [0.25, 0.3) is 0 Å². The van der Waals surface area contributed by atoms with E-state index in [0.717, 1.165) is 0 Å². The molecule has 33 heavy (non-hydrogen) atoms. The third kappa shape index (κ3) is 4.85. The molecule has 1 aromatic heterocycles. The largest absolute Gasteiger partial charge is 0.466 e. The summed E-state index contributed by atoms with van der Waals surface area (Å²) in [4.78, 5) is 59.2. The average molecular weight is 474 g/mol. The van der Waals surface area contributed by atoms with Crippen molar-refractivity contribution in [3.05, 3.63) is 45.2 Å². The predicted octanol–water partition coefficient (Wildman–Crippen LogP) is 2.27. The number of aromatic amines is 1. The van der Waals surface area contributed by atoms with Crippen LogP contribution in [0.15, 0.2) is 29.1 Å². The molecule has 2 aliphatic rings. The highest BCUT2D eigenvalue weighted by Gasteiger charge is 2.36. The van der Waals surface area contributed by atoms with Crippen molar-refractivity contribution >= 4 is 46.8 Å². The van der Waals surface area contributed by atoms with E-state index in [1.807, 2.05) is 4.90 Å². The number of carbonyl (C=O) groups is 3. The fourth-order valence-corrected chi connectivity index (χ4v) is 4.29. The van der Waals surface area contributed by atoms with Crippen LogP contribution in [0.4, 0.5) is 17.5 Å². The van der Waals surface area contributed by atoms with Crippen LogP contribution < -0.4 is 21.1 Å². The van der Waals surface area contributed by atoms with Gasteiger partial charge in [0.05, 0.1) is 34.7 Å². The second-order valence-electron chi connectivity index (χ2n) is 7.94. The summed E-state index contributed by atoms with van der Waals surface area (Å²) in [7, 11) is 0. The van der Waals surface area contributed by atoms with Gasteiger partial charge in [0.1, 0.15) is 5.82 Å². The van der Waals surface area contributed by atoms with Crippen molar-refractivity contribution in [3.63, 3.8) is 0 Å². The van der Waals surface area contributed by atoms with E-state index in [2.05, 4.69) is 20.6 Å². The highest BCUT2D eigenvalue weighted by Crippen LogP contribution is 2.32. The van der Waals surface area contributed by atoms with Crippen LogP contribution >= 0.6 is 11.6 Å². The molecule has 1 saturated heterocycles. The molecule has 2 aromatic rings. The molecule has 3 heterocycles. The monoisotopic (exact) mass is 473 g/mol. The quantitative estimate of drug-likeness (QED) is 0.567. The summed E-state index contributed by atoms with van der Waals surface area (Å²) in [6.07, 6.45) is 0.946. The number of nitrogens with one attached hydrogen (secondary N) is 3. The summed E-state index contributed by atoms with van der Waals surface area (Å²) >= 11 is 6.11. The third-order valence-electron chi connectivity index (χ3n) is 5.80. The number of benzene rings is 1. The van der Waals surface area contributed by atoms with Crippen LogP contribution in [0, 0.1) is 5.92 Å². The number of piperidine rings is 1. The van der Waals surface area contributed by atoms with Crippen molar-refractivity contribution in [1.29, 1.82) is 0 Å². The van der Waals surface area contributed by atoms with Gasteiger partial charge < -0.3 is 20.3 Å². The molecule has 1 fully saturated rings. The lowest BCUT2D eigenvalue weighted by Gasteiger charge is -2.32. The lowest BCUT2D eigenvalue weighted by Crippen LogP contribution is -2.41. The number of halogens is 1. The molecule has 4 rings (SSSR count). The highest BCUT2D eigenvalue weighted by atomic mass is 35.5. The fourth-order valence-electron chi connectivity index (χ4n) is 4.10. The smallest absolute Gasteiger partial charge is 0.309 e. The fraction of sp³-hybridized carbons (Fsp3) is 0.409. The van der Waals surface area contributed by atoms with Crippen LogP contribution in [0.2, 0.25) is 5.02 Å². The van der Waals surface area contributed by atoms with Crippen LogP contribution in [0.3, 0.4) is 0 Å². The summed E-state index contributed by atoms with van der Waals surface area (Å²) < 4.78 is 5.09. The Morgan fingerprint density at radius 3 is 2.67 bits per heavy atom. The van der Waals surface area contributed by atoms with Gasteiger partial charge in [-0.3, -0.25) is 24.2 Å². The zero-order valence-electron chi connectivity index (χ0n) is 18.0. The first-order valence-electron chi connectivity index (χ1n) is 10.8. The number of amides is 2. The molecular weight excluding hydrogens is 450 g/mol. The van der Waals surface area contributed by atoms with Crippen LogP contribution in [-0.2, 0) is 19.1 Å². The number of carbonyl (C=O) groups excluding carboxylic acids is 3. The molecule has 10 nitrogen and oxygen atoms in total. The first-order valence-corrected chi connectivity index (χ1v) is 11.2. The summed E-state index contributed by atoms with van der Waals surface area (Å²) in [6.45, 7) is 3.10. The molecule has 1 atom stereocenters. The molecule has 0 spiro atoms. The normalized spacial score (nSPS) is 18.3. The minimum atomic E-state index is -1.01. The van der Waals surface area contributed by atoms with Gasteiger partial charge in [-0.15, -0.1) is 0 Å². The van der Waals surface area contributed by atoms with E-state index in [9.17, 15) is 19.2 Å². The standard InChI is InChI=1S/C22H24ClN5O5/c1-2-33-21(32)12-7-9-28(10-8-12)22-26-18-17(20(31)27-22)13(11-16(29)25-18)19(30)24-15-6-4-3-5-14(15)23/h3-6,12-13H,2,7-11H2,1H3,(H,24,30)(H2,25,26,27,29,31). The van der Waals surface area contributed by atoms with E-state index in [1.165, 1.54) is 0 Å². The van der Waals surface area contributed by atoms with Crippen LogP contribution in [0.1, 0.15) is 37.7 Å². The second-order valence-corrected chi connectivity index (χ2v) is 8.35. The Kier molecular flexibility index (Phi) is 6.64. The van der Waals surface area contributed by atoms with Crippen molar-refractivity contribution in [2.75, 3.05) is 35.2 Å². The maximum Gasteiger partial charge on any atom is 0.309 e. The molecule has 1 unspecified atom stereocenters. The van der Waals surface area contributed by atoms with Gasteiger partial charge in [-0.1, -0.05) is 23.7 Å². The van der Waals surface area contributed by atoms with Gasteiger partial charge >= 0.3 is 5.97 Å². The van der Waals surface area contributed by atoms with E-state index in [-0.39, 0.29) is 35.6 Å². The molecule has 0 radical (unpaired) electrons. The first kappa shape index (κ1) is 22.8. The Balaban J connectivity index is 1.55. The number of anilines is 3. The molecule has 0 bridgehead atoms. The Morgan fingerprint density at radius 2 is 1.97 bits per heavy atom. The van der Waals surface area contributed by atoms with E-state index in [4.69, 9.17) is 16.3 Å². The average Bonchev–Trinajstić information content (AvgIpc) is 2.80. The van der Waals surface area contributed by atoms with Gasteiger partial charge in [-0.2, -0.15) is 4.98 Å². The number of hydrogen-bond acceptors (Lipinski definition) is 7. The predicted molar refractivity (Wildman–Crippen MR) is 122 cm³/mol. The molecule has 0 saturated carbocycles. The van der Waals surface area contributed by atoms with Gasteiger partial charge in [0, 0.05) is 19.5 Å². The number of nitrogens with zero attached hydrogens (tertiary/aromatic N) is 2. The molecule has 1 aromatic carbocycles. The molecule has 174 valence electrons. The van der Waals surface area contributed by atoms with Gasteiger partial charge in [-0.05, 0) is 31.9 Å². The minimum Gasteiger partial charge on any atom is -0.466 e. The highest BCUT2D eigenvalue weighted by molar-refractivity contribution is 6.33. The van der Waals surface area contributed by atoms with Gasteiger partial charge in [0.25, 0.3) is 5.56 Å². The minimum absolute atomic E-state index is 0.0665. The van der Waals surface area contributed by atoms with Crippen molar-refractivity contribution < 1.29 is 19.1 Å². The van der Waals surface area contributed by atoms with Gasteiger partial charge in [0.2, 0.25) is 17.8 Å². The zero-order valence-corrected chi connectivity index (χ0v) is 18.8. The Labute approximate surface area is 194 Å². The van der Waals surface area contributed by atoms with E-state index >= 15 is 0 Å². The van der Waals surface area contributed by atoms with Gasteiger partial charge in [-0.25, -0.2) is 0 Å². The molecule has 2 aliphatic heterocycles. The number of fused-ring (bicyclic) bond motifs is 1. The zero-order chi connectivity index (χ0) is 23.5. The van der Waals surface area contributed by atoms with Crippen molar-refractivity contribution in [2.24, 2.45) is 5.92 Å². The Morgan fingerprint density at radius 1 is 1.24 bits per heavy atom. The van der Waals surface area contributed by atoms with E-state index in [1.54, 1.807) is 31.2 Å². The number of rotatable bonds is 5. The van der Waals surface area contributed by atoms with Crippen LogP contribution in [0.5, 0.6) is 0 Å². The molecule has 0 aliphatic carbocycles. The van der Waals surface area contributed by atoms with E-state index in [0.29, 0.717) is 43.2 Å². The number of aromatic nitrogens is 2.